The topological polar surface area (TPSA) is 48.7 Å². The molecule has 1 rings (SSSR count). The average molecular weight is 196 g/mol. The third-order valence-electron chi connectivity index (χ3n) is 1.49. The maximum absolute atomic E-state index is 8.77. The van der Waals surface area contributed by atoms with E-state index in [1.54, 1.807) is 32.3 Å². The molecule has 0 aliphatic rings. The smallest absolute Gasteiger partial charge is 0.119 e. The predicted octanol–water partition coefficient (Wildman–Crippen LogP) is 2.45. The Morgan fingerprint density at radius 3 is 2.85 bits per heavy atom. The van der Waals surface area contributed by atoms with Crippen LogP contribution in [0.1, 0.15) is 13.8 Å². The first-order chi connectivity index (χ1) is 6.05. The highest BCUT2D eigenvalue weighted by molar-refractivity contribution is 6.33. The van der Waals surface area contributed by atoms with E-state index in [-0.39, 0.29) is 0 Å². The predicted molar refractivity (Wildman–Crippen MR) is 52.6 cm³/mol. The fraction of sp³-hybridized carbons (Fsp3) is 0.333. The van der Waals surface area contributed by atoms with Crippen molar-refractivity contribution >= 4 is 17.3 Å². The monoisotopic (exact) mass is 195 g/mol. The number of nitrogens with one attached hydrogen (secondary N) is 1. The van der Waals surface area contributed by atoms with Crippen LogP contribution in [0.4, 0.5) is 5.69 Å². The van der Waals surface area contributed by atoms with Gasteiger partial charge in [-0.1, -0.05) is 11.6 Å². The lowest BCUT2D eigenvalue weighted by atomic mass is 10.1. The molecular formula is C9H10ClN3. The Labute approximate surface area is 82.4 Å². The minimum Gasteiger partial charge on any atom is -0.365 e. The molecule has 0 saturated carbocycles. The van der Waals surface area contributed by atoms with Gasteiger partial charge in [-0.15, -0.1) is 0 Å². The van der Waals surface area contributed by atoms with E-state index in [1.165, 1.54) is 0 Å². The Morgan fingerprint density at radius 2 is 2.31 bits per heavy atom. The van der Waals surface area contributed by atoms with Crippen molar-refractivity contribution in [3.8, 4) is 6.07 Å². The van der Waals surface area contributed by atoms with Gasteiger partial charge in [0.05, 0.1) is 23.0 Å². The molecule has 0 spiro atoms. The van der Waals surface area contributed by atoms with Crippen molar-refractivity contribution in [1.82, 2.24) is 4.98 Å². The highest BCUT2D eigenvalue weighted by Crippen LogP contribution is 2.22. The molecule has 0 fully saturated rings. The molecule has 13 heavy (non-hydrogen) atoms. The maximum atomic E-state index is 8.77. The molecule has 1 heterocycles. The standard InChI is InChI=1S/C9H10ClN3/c1-9(2,6-11)13-8-5-12-4-3-7(8)10/h3-5,13H,1-2H3. The van der Waals surface area contributed by atoms with Crippen LogP contribution in [0.3, 0.4) is 0 Å². The minimum absolute atomic E-state index is 0.568. The lowest BCUT2D eigenvalue weighted by Crippen LogP contribution is -2.28. The van der Waals surface area contributed by atoms with Crippen LogP contribution in [0.2, 0.25) is 5.02 Å². The van der Waals surface area contributed by atoms with Gasteiger partial charge >= 0.3 is 0 Å². The average Bonchev–Trinajstić information content (AvgIpc) is 2.09. The van der Waals surface area contributed by atoms with Gasteiger partial charge in [0.15, 0.2) is 0 Å². The van der Waals surface area contributed by atoms with Gasteiger partial charge < -0.3 is 5.32 Å². The fourth-order valence-electron chi connectivity index (χ4n) is 0.834. The Morgan fingerprint density at radius 1 is 1.62 bits per heavy atom. The zero-order valence-electron chi connectivity index (χ0n) is 7.50. The Balaban J connectivity index is 2.88. The second-order valence-corrected chi connectivity index (χ2v) is 3.62. The summed E-state index contributed by atoms with van der Waals surface area (Å²) in [6, 6.07) is 3.80. The lowest BCUT2D eigenvalue weighted by Gasteiger charge is -2.19. The highest BCUT2D eigenvalue weighted by atomic mass is 35.5. The van der Waals surface area contributed by atoms with Crippen LogP contribution in [-0.2, 0) is 0 Å². The van der Waals surface area contributed by atoms with Crippen molar-refractivity contribution in [1.29, 1.82) is 5.26 Å². The molecule has 0 aromatic carbocycles. The van der Waals surface area contributed by atoms with Crippen molar-refractivity contribution in [3.05, 3.63) is 23.5 Å². The van der Waals surface area contributed by atoms with E-state index in [1.807, 2.05) is 0 Å². The summed E-state index contributed by atoms with van der Waals surface area (Å²) >= 11 is 5.88. The summed E-state index contributed by atoms with van der Waals surface area (Å²) in [5.41, 5.74) is 0.0443. The van der Waals surface area contributed by atoms with Crippen molar-refractivity contribution < 1.29 is 0 Å². The number of halogens is 1. The number of aromatic nitrogens is 1. The number of rotatable bonds is 2. The van der Waals surface area contributed by atoms with Crippen LogP contribution in [0, 0.1) is 11.3 Å². The first-order valence-corrected chi connectivity index (χ1v) is 4.22. The molecule has 0 saturated heterocycles. The van der Waals surface area contributed by atoms with E-state index in [2.05, 4.69) is 16.4 Å². The molecule has 0 radical (unpaired) electrons. The third kappa shape index (κ3) is 2.60. The largest absolute Gasteiger partial charge is 0.365 e. The fourth-order valence-corrected chi connectivity index (χ4v) is 0.986. The molecule has 1 aromatic rings. The Bertz CT molecular complexity index is 341. The molecular weight excluding hydrogens is 186 g/mol. The van der Waals surface area contributed by atoms with Gasteiger partial charge in [0.1, 0.15) is 5.54 Å². The first-order valence-electron chi connectivity index (χ1n) is 3.84. The molecule has 0 aliphatic carbocycles. The van der Waals surface area contributed by atoms with Crippen molar-refractivity contribution in [2.24, 2.45) is 0 Å². The highest BCUT2D eigenvalue weighted by Gasteiger charge is 2.16. The van der Waals surface area contributed by atoms with Crippen LogP contribution >= 0.6 is 11.6 Å². The Hall–Kier alpha value is -1.27. The molecule has 0 aliphatic heterocycles. The summed E-state index contributed by atoms with van der Waals surface area (Å²) in [5, 5.41) is 12.3. The van der Waals surface area contributed by atoms with Crippen LogP contribution in [-0.4, -0.2) is 10.5 Å². The van der Waals surface area contributed by atoms with Crippen molar-refractivity contribution in [3.63, 3.8) is 0 Å². The summed E-state index contributed by atoms with van der Waals surface area (Å²) in [5.74, 6) is 0. The molecule has 0 amide bonds. The molecule has 68 valence electrons. The van der Waals surface area contributed by atoms with E-state index in [0.29, 0.717) is 10.7 Å². The van der Waals surface area contributed by atoms with Crippen LogP contribution in [0.15, 0.2) is 18.5 Å². The van der Waals surface area contributed by atoms with Gasteiger partial charge in [0.2, 0.25) is 0 Å². The number of pyridine rings is 1. The second kappa shape index (κ2) is 3.63. The second-order valence-electron chi connectivity index (χ2n) is 3.22. The third-order valence-corrected chi connectivity index (χ3v) is 1.82. The Kier molecular flexibility index (Phi) is 2.74. The van der Waals surface area contributed by atoms with Crippen molar-refractivity contribution in [2.75, 3.05) is 5.32 Å². The summed E-state index contributed by atoms with van der Waals surface area (Å²) in [6.45, 7) is 3.55. The summed E-state index contributed by atoms with van der Waals surface area (Å²) in [6.07, 6.45) is 3.20. The number of hydrogen-bond acceptors (Lipinski definition) is 3. The molecule has 1 aromatic heterocycles. The number of hydrogen-bond donors (Lipinski definition) is 1. The van der Waals surface area contributed by atoms with E-state index >= 15 is 0 Å². The summed E-state index contributed by atoms with van der Waals surface area (Å²) in [7, 11) is 0. The number of nitriles is 1. The van der Waals surface area contributed by atoms with E-state index in [0.717, 1.165) is 0 Å². The number of anilines is 1. The molecule has 0 unspecified atom stereocenters. The summed E-state index contributed by atoms with van der Waals surface area (Å²) < 4.78 is 0. The minimum atomic E-state index is -0.632. The van der Waals surface area contributed by atoms with Crippen LogP contribution < -0.4 is 5.32 Å². The lowest BCUT2D eigenvalue weighted by molar-refractivity contribution is 0.728. The SMILES string of the molecule is CC(C)(C#N)Nc1cnccc1Cl. The first kappa shape index (κ1) is 9.82. The van der Waals surface area contributed by atoms with Crippen molar-refractivity contribution in [2.45, 2.75) is 19.4 Å². The zero-order valence-corrected chi connectivity index (χ0v) is 8.26. The van der Waals surface area contributed by atoms with E-state index in [4.69, 9.17) is 16.9 Å². The maximum Gasteiger partial charge on any atom is 0.119 e. The summed E-state index contributed by atoms with van der Waals surface area (Å²) in [4.78, 5) is 3.91. The van der Waals surface area contributed by atoms with E-state index < -0.39 is 5.54 Å². The quantitative estimate of drug-likeness (QED) is 0.789. The van der Waals surface area contributed by atoms with Gasteiger partial charge in [-0.3, -0.25) is 4.98 Å². The van der Waals surface area contributed by atoms with Gasteiger partial charge in [-0.25, -0.2) is 0 Å². The number of nitrogens with zero attached hydrogens (tertiary/aromatic N) is 2. The normalized spacial score (nSPS) is 10.6. The zero-order chi connectivity index (χ0) is 9.90. The molecule has 4 heteroatoms. The molecule has 1 N–H and O–H groups in total. The van der Waals surface area contributed by atoms with E-state index in [9.17, 15) is 0 Å². The van der Waals surface area contributed by atoms with Gasteiger partial charge in [-0.05, 0) is 19.9 Å². The molecule has 0 atom stereocenters. The van der Waals surface area contributed by atoms with Gasteiger partial charge in [-0.2, -0.15) is 5.26 Å². The molecule has 0 bridgehead atoms. The van der Waals surface area contributed by atoms with Crippen LogP contribution in [0.25, 0.3) is 0 Å². The van der Waals surface area contributed by atoms with Gasteiger partial charge in [0.25, 0.3) is 0 Å². The molecule has 3 nitrogen and oxygen atoms in total. The van der Waals surface area contributed by atoms with Crippen LogP contribution in [0.5, 0.6) is 0 Å². The van der Waals surface area contributed by atoms with Gasteiger partial charge in [0, 0.05) is 6.20 Å².